The second-order valence-corrected chi connectivity index (χ2v) is 3.00. The third kappa shape index (κ3) is 16.6. The highest BCUT2D eigenvalue weighted by atomic mass is 16.4. The van der Waals surface area contributed by atoms with Gasteiger partial charge in [-0.15, -0.1) is 0 Å². The van der Waals surface area contributed by atoms with Crippen LogP contribution in [0.4, 0.5) is 0 Å². The predicted octanol–water partition coefficient (Wildman–Crippen LogP) is -1.89. The van der Waals surface area contributed by atoms with Crippen LogP contribution < -0.4 is 22.9 Å². The van der Waals surface area contributed by atoms with Crippen molar-refractivity contribution in [1.29, 1.82) is 0 Å². The molecule has 98 valence electrons. The average molecular weight is 245 g/mol. The fourth-order valence-electron chi connectivity index (χ4n) is 0.643. The van der Waals surface area contributed by atoms with Crippen LogP contribution in [0.2, 0.25) is 0 Å². The van der Waals surface area contributed by atoms with E-state index in [1.807, 2.05) is 0 Å². The highest BCUT2D eigenvalue weighted by molar-refractivity contribution is 5.84. The van der Waals surface area contributed by atoms with Gasteiger partial charge in [0.25, 0.3) is 0 Å². The first-order valence-corrected chi connectivity index (χ1v) is 4.76. The molecule has 0 saturated heterocycles. The summed E-state index contributed by atoms with van der Waals surface area (Å²) in [6.45, 7) is 3.51. The van der Waals surface area contributed by atoms with E-state index in [0.717, 1.165) is 6.08 Å². The number of primary amides is 1. The zero-order valence-corrected chi connectivity index (χ0v) is 9.50. The molecule has 0 fully saturated rings. The largest absolute Gasteiger partial charge is 0.480 e. The van der Waals surface area contributed by atoms with Crippen LogP contribution in [0.15, 0.2) is 17.6 Å². The summed E-state index contributed by atoms with van der Waals surface area (Å²) in [6, 6.07) is -0.820. The Kier molecular flexibility index (Phi) is 10.6. The van der Waals surface area contributed by atoms with Gasteiger partial charge in [0.15, 0.2) is 5.96 Å². The van der Waals surface area contributed by atoms with Gasteiger partial charge in [0.1, 0.15) is 6.04 Å². The van der Waals surface area contributed by atoms with Crippen LogP contribution in [-0.2, 0) is 9.59 Å². The third-order valence-electron chi connectivity index (χ3n) is 1.49. The van der Waals surface area contributed by atoms with Crippen LogP contribution in [0.1, 0.15) is 12.8 Å². The quantitative estimate of drug-likeness (QED) is 0.158. The SMILES string of the molecule is C=CC(N)=O.NC(N)=NCCC[C@H](N)C(=O)O. The molecule has 17 heavy (non-hydrogen) atoms. The fourth-order valence-corrected chi connectivity index (χ4v) is 0.643. The minimum atomic E-state index is -1.00. The monoisotopic (exact) mass is 245 g/mol. The maximum Gasteiger partial charge on any atom is 0.320 e. The zero-order valence-electron chi connectivity index (χ0n) is 9.50. The van der Waals surface area contributed by atoms with Crippen LogP contribution in [0, 0.1) is 0 Å². The number of carbonyl (C=O) groups excluding carboxylic acids is 1. The highest BCUT2D eigenvalue weighted by Gasteiger charge is 2.09. The number of carboxylic acids is 1. The van der Waals surface area contributed by atoms with E-state index in [0.29, 0.717) is 19.4 Å². The highest BCUT2D eigenvalue weighted by Crippen LogP contribution is 1.94. The lowest BCUT2D eigenvalue weighted by molar-refractivity contribution is -0.138. The van der Waals surface area contributed by atoms with Gasteiger partial charge in [-0.2, -0.15) is 0 Å². The second kappa shape index (κ2) is 10.4. The Balaban J connectivity index is 0. The Morgan fingerprint density at radius 3 is 2.12 bits per heavy atom. The molecule has 0 aliphatic heterocycles. The van der Waals surface area contributed by atoms with Crippen molar-refractivity contribution < 1.29 is 14.7 Å². The fraction of sp³-hybridized carbons (Fsp3) is 0.444. The molecule has 0 aromatic carbocycles. The van der Waals surface area contributed by atoms with E-state index in [1.54, 1.807) is 0 Å². The molecule has 1 atom stereocenters. The number of rotatable bonds is 6. The van der Waals surface area contributed by atoms with Crippen LogP contribution in [0.3, 0.4) is 0 Å². The van der Waals surface area contributed by atoms with Crippen molar-refractivity contribution in [3.8, 4) is 0 Å². The Labute approximate surface area is 99.3 Å². The van der Waals surface area contributed by atoms with Gasteiger partial charge in [0.05, 0.1) is 0 Å². The molecule has 8 heteroatoms. The van der Waals surface area contributed by atoms with Crippen molar-refractivity contribution in [3.05, 3.63) is 12.7 Å². The van der Waals surface area contributed by atoms with Gasteiger partial charge in [-0.25, -0.2) is 0 Å². The van der Waals surface area contributed by atoms with E-state index in [2.05, 4.69) is 17.3 Å². The van der Waals surface area contributed by atoms with Crippen molar-refractivity contribution in [2.75, 3.05) is 6.54 Å². The first-order chi connectivity index (χ1) is 7.81. The smallest absolute Gasteiger partial charge is 0.320 e. The number of amides is 1. The standard InChI is InChI=1S/C6H14N4O2.C3H5NO/c7-4(5(11)12)2-1-3-10-6(8)9;1-2-3(4)5/h4H,1-3,7H2,(H,11,12)(H4,8,9,10);2H,1H2,(H2,4,5)/t4-;/m0./s1. The summed E-state index contributed by atoms with van der Waals surface area (Å²) in [4.78, 5) is 23.4. The summed E-state index contributed by atoms with van der Waals surface area (Å²) in [5.41, 5.74) is 19.9. The molecule has 0 unspecified atom stereocenters. The third-order valence-corrected chi connectivity index (χ3v) is 1.49. The number of carboxylic acid groups (broad SMARTS) is 1. The predicted molar refractivity (Wildman–Crippen MR) is 64.9 cm³/mol. The molecule has 8 nitrogen and oxygen atoms in total. The molecule has 0 aliphatic carbocycles. The average Bonchev–Trinajstić information content (AvgIpc) is 2.24. The van der Waals surface area contributed by atoms with Crippen molar-refractivity contribution >= 4 is 17.8 Å². The van der Waals surface area contributed by atoms with Crippen LogP contribution in [-0.4, -0.2) is 35.5 Å². The zero-order chi connectivity index (χ0) is 13.8. The summed E-state index contributed by atoms with van der Waals surface area (Å²) >= 11 is 0. The van der Waals surface area contributed by atoms with Gasteiger partial charge in [0, 0.05) is 6.54 Å². The van der Waals surface area contributed by atoms with Gasteiger partial charge in [-0.3, -0.25) is 14.6 Å². The van der Waals surface area contributed by atoms with Gasteiger partial charge < -0.3 is 28.0 Å². The number of carbonyl (C=O) groups is 2. The minimum absolute atomic E-state index is 0.0129. The minimum Gasteiger partial charge on any atom is -0.480 e. The van der Waals surface area contributed by atoms with E-state index in [9.17, 15) is 9.59 Å². The van der Waals surface area contributed by atoms with Gasteiger partial charge in [0.2, 0.25) is 5.91 Å². The Hall–Kier alpha value is -2.09. The van der Waals surface area contributed by atoms with E-state index in [-0.39, 0.29) is 5.96 Å². The molecule has 0 saturated carbocycles. The lowest BCUT2D eigenvalue weighted by atomic mass is 10.2. The van der Waals surface area contributed by atoms with E-state index < -0.39 is 17.9 Å². The van der Waals surface area contributed by atoms with Crippen molar-refractivity contribution in [1.82, 2.24) is 0 Å². The Morgan fingerprint density at radius 2 is 1.82 bits per heavy atom. The number of hydrogen-bond donors (Lipinski definition) is 5. The van der Waals surface area contributed by atoms with Crippen LogP contribution in [0.25, 0.3) is 0 Å². The molecular formula is C9H19N5O3. The molecule has 0 heterocycles. The molecule has 0 radical (unpaired) electrons. The molecule has 0 bridgehead atoms. The summed E-state index contributed by atoms with van der Waals surface area (Å²) in [7, 11) is 0. The van der Waals surface area contributed by atoms with E-state index in [4.69, 9.17) is 22.3 Å². The number of guanidine groups is 1. The molecule has 0 aromatic heterocycles. The first kappa shape index (κ1) is 17.3. The topological polar surface area (TPSA) is 171 Å². The van der Waals surface area contributed by atoms with Crippen molar-refractivity contribution in [2.24, 2.45) is 27.9 Å². The summed E-state index contributed by atoms with van der Waals surface area (Å²) in [6.07, 6.45) is 2.01. The van der Waals surface area contributed by atoms with Gasteiger partial charge in [-0.1, -0.05) is 6.58 Å². The number of nitrogens with zero attached hydrogens (tertiary/aromatic N) is 1. The maximum atomic E-state index is 10.2. The number of hydrogen-bond acceptors (Lipinski definition) is 4. The van der Waals surface area contributed by atoms with Gasteiger partial charge in [-0.05, 0) is 18.9 Å². The molecule has 1 amide bonds. The summed E-state index contributed by atoms with van der Waals surface area (Å²) in [5, 5.41) is 8.38. The molecular weight excluding hydrogens is 226 g/mol. The maximum absolute atomic E-state index is 10.2. The summed E-state index contributed by atoms with van der Waals surface area (Å²) in [5.74, 6) is -1.47. The van der Waals surface area contributed by atoms with Gasteiger partial charge >= 0.3 is 5.97 Å². The van der Waals surface area contributed by atoms with Crippen molar-refractivity contribution in [3.63, 3.8) is 0 Å². The molecule has 0 aromatic rings. The van der Waals surface area contributed by atoms with Crippen LogP contribution in [0.5, 0.6) is 0 Å². The Bertz CT molecular complexity index is 286. The number of aliphatic imine (C=N–C) groups is 1. The summed E-state index contributed by atoms with van der Waals surface area (Å²) < 4.78 is 0. The molecule has 0 spiro atoms. The van der Waals surface area contributed by atoms with Crippen LogP contribution >= 0.6 is 0 Å². The van der Waals surface area contributed by atoms with E-state index >= 15 is 0 Å². The lowest BCUT2D eigenvalue weighted by Crippen LogP contribution is -2.30. The number of nitrogens with two attached hydrogens (primary N) is 4. The normalized spacial score (nSPS) is 10.4. The lowest BCUT2D eigenvalue weighted by Gasteiger charge is -2.03. The number of aliphatic carboxylic acids is 1. The first-order valence-electron chi connectivity index (χ1n) is 4.76. The molecule has 0 rings (SSSR count). The Morgan fingerprint density at radius 1 is 1.35 bits per heavy atom. The van der Waals surface area contributed by atoms with E-state index in [1.165, 1.54) is 0 Å². The molecule has 0 aliphatic rings. The van der Waals surface area contributed by atoms with Crippen molar-refractivity contribution in [2.45, 2.75) is 18.9 Å². The second-order valence-electron chi connectivity index (χ2n) is 3.00. The molecule has 9 N–H and O–H groups in total.